The lowest BCUT2D eigenvalue weighted by molar-refractivity contribution is 0.0532. The van der Waals surface area contributed by atoms with Gasteiger partial charge in [-0.3, -0.25) is 10.1 Å². The van der Waals surface area contributed by atoms with Crippen LogP contribution in [-0.4, -0.2) is 36.6 Å². The van der Waals surface area contributed by atoms with Crippen LogP contribution in [0.3, 0.4) is 0 Å². The quantitative estimate of drug-likeness (QED) is 0.511. The molecule has 0 saturated heterocycles. The van der Waals surface area contributed by atoms with Crippen LogP contribution < -0.4 is 10.2 Å². The summed E-state index contributed by atoms with van der Waals surface area (Å²) < 4.78 is 5.16. The zero-order chi connectivity index (χ0) is 21.5. The number of carbonyl (C=O) groups excluding carboxylic acids is 2. The molecule has 3 aromatic rings. The van der Waals surface area contributed by atoms with Crippen molar-refractivity contribution in [1.82, 2.24) is 4.98 Å². The first-order valence-electron chi connectivity index (χ1n) is 9.97. The molecule has 1 N–H and O–H groups in total. The average Bonchev–Trinajstić information content (AvgIpc) is 3.20. The van der Waals surface area contributed by atoms with E-state index in [2.05, 4.69) is 29.0 Å². The van der Waals surface area contributed by atoms with E-state index in [0.717, 1.165) is 35.7 Å². The van der Waals surface area contributed by atoms with E-state index in [-0.39, 0.29) is 12.5 Å². The Morgan fingerprint density at radius 1 is 1.00 bits per heavy atom. The second kappa shape index (κ2) is 10.0. The number of ether oxygens (including phenoxy) is 1. The molecule has 0 spiro atoms. The van der Waals surface area contributed by atoms with Crippen molar-refractivity contribution in [3.05, 3.63) is 65.0 Å². The summed E-state index contributed by atoms with van der Waals surface area (Å²) in [7, 11) is 0. The van der Waals surface area contributed by atoms with Crippen LogP contribution in [0, 0.1) is 0 Å². The minimum atomic E-state index is -0.446. The lowest BCUT2D eigenvalue weighted by Gasteiger charge is -2.20. The van der Waals surface area contributed by atoms with Crippen molar-refractivity contribution >= 4 is 34.0 Å². The molecule has 3 rings (SSSR count). The summed E-state index contributed by atoms with van der Waals surface area (Å²) in [5.74, 6) is -0.720. The van der Waals surface area contributed by atoms with Gasteiger partial charge in [0, 0.05) is 29.9 Å². The van der Waals surface area contributed by atoms with Crippen molar-refractivity contribution in [2.24, 2.45) is 0 Å². The molecule has 0 atom stereocenters. The maximum Gasteiger partial charge on any atom is 0.350 e. The van der Waals surface area contributed by atoms with E-state index in [1.165, 1.54) is 0 Å². The van der Waals surface area contributed by atoms with Crippen LogP contribution >= 0.6 is 11.3 Å². The van der Waals surface area contributed by atoms with E-state index in [0.29, 0.717) is 21.3 Å². The highest BCUT2D eigenvalue weighted by molar-refractivity contribution is 7.18. The van der Waals surface area contributed by atoms with Gasteiger partial charge in [0.05, 0.1) is 12.3 Å². The smallest absolute Gasteiger partial charge is 0.350 e. The number of nitrogens with one attached hydrogen (secondary N) is 1. The molecule has 0 aliphatic rings. The number of hydrogen-bond acceptors (Lipinski definition) is 6. The highest BCUT2D eigenvalue weighted by Crippen LogP contribution is 2.32. The third-order valence-electron chi connectivity index (χ3n) is 4.61. The minimum Gasteiger partial charge on any atom is -0.462 e. The van der Waals surface area contributed by atoms with Gasteiger partial charge < -0.3 is 9.64 Å². The topological polar surface area (TPSA) is 71.5 Å². The van der Waals surface area contributed by atoms with E-state index in [1.807, 2.05) is 42.5 Å². The summed E-state index contributed by atoms with van der Waals surface area (Å²) in [6.07, 6.45) is 0. The lowest BCUT2D eigenvalue weighted by atomic mass is 10.1. The molecule has 1 heterocycles. The Morgan fingerprint density at radius 2 is 1.67 bits per heavy atom. The molecule has 0 aliphatic heterocycles. The van der Waals surface area contributed by atoms with Gasteiger partial charge in [0.15, 0.2) is 5.13 Å². The monoisotopic (exact) mass is 423 g/mol. The second-order valence-corrected chi connectivity index (χ2v) is 7.46. The Bertz CT molecular complexity index is 996. The Morgan fingerprint density at radius 3 is 2.27 bits per heavy atom. The van der Waals surface area contributed by atoms with Crippen molar-refractivity contribution in [2.75, 3.05) is 29.9 Å². The minimum absolute atomic E-state index is 0.269. The highest BCUT2D eigenvalue weighted by atomic mass is 32.1. The van der Waals surface area contributed by atoms with Gasteiger partial charge in [-0.15, -0.1) is 0 Å². The fraction of sp³-hybridized carbons (Fsp3) is 0.261. The van der Waals surface area contributed by atoms with Crippen LogP contribution in [-0.2, 0) is 4.74 Å². The summed E-state index contributed by atoms with van der Waals surface area (Å²) >= 11 is 1.11. The summed E-state index contributed by atoms with van der Waals surface area (Å²) in [5, 5.41) is 3.17. The van der Waals surface area contributed by atoms with Gasteiger partial charge in [-0.05, 0) is 45.0 Å². The van der Waals surface area contributed by atoms with Gasteiger partial charge in [0.2, 0.25) is 0 Å². The number of esters is 1. The molecule has 0 bridgehead atoms. The molecule has 156 valence electrons. The first kappa shape index (κ1) is 21.5. The largest absolute Gasteiger partial charge is 0.462 e. The summed E-state index contributed by atoms with van der Waals surface area (Å²) in [5.41, 5.74) is 2.90. The Labute approximate surface area is 180 Å². The fourth-order valence-electron chi connectivity index (χ4n) is 3.08. The number of anilines is 2. The maximum atomic E-state index is 12.7. The molecule has 0 aliphatic carbocycles. The number of benzene rings is 2. The number of nitrogens with zero attached hydrogens (tertiary/aromatic N) is 2. The number of aromatic nitrogens is 1. The lowest BCUT2D eigenvalue weighted by Crippen LogP contribution is -2.21. The van der Waals surface area contributed by atoms with Crippen LogP contribution in [0.4, 0.5) is 10.8 Å². The van der Waals surface area contributed by atoms with E-state index >= 15 is 0 Å². The summed E-state index contributed by atoms with van der Waals surface area (Å²) in [4.78, 5) is 32.2. The van der Waals surface area contributed by atoms with Crippen LogP contribution in [0.15, 0.2) is 54.6 Å². The van der Waals surface area contributed by atoms with Crippen LogP contribution in [0.2, 0.25) is 0 Å². The van der Waals surface area contributed by atoms with Crippen LogP contribution in [0.25, 0.3) is 11.3 Å². The van der Waals surface area contributed by atoms with Crippen molar-refractivity contribution in [1.29, 1.82) is 0 Å². The molecule has 0 saturated carbocycles. The zero-order valence-corrected chi connectivity index (χ0v) is 18.2. The molecule has 2 aromatic carbocycles. The number of hydrogen-bond donors (Lipinski definition) is 1. The van der Waals surface area contributed by atoms with Gasteiger partial charge in [0.1, 0.15) is 4.88 Å². The molecule has 1 amide bonds. The maximum absolute atomic E-state index is 12.7. The standard InChI is InChI=1S/C23H25N3O3S/c1-4-26(5-2)18-14-12-17(13-15-18)21(27)25-23-24-19(16-10-8-7-9-11-16)20(30-23)22(28)29-6-3/h7-15H,4-6H2,1-3H3,(H,24,25,27). The third kappa shape index (κ3) is 4.86. The second-order valence-electron chi connectivity index (χ2n) is 6.46. The van der Waals surface area contributed by atoms with Gasteiger partial charge in [-0.25, -0.2) is 9.78 Å². The van der Waals surface area contributed by atoms with Crippen LogP contribution in [0.1, 0.15) is 40.8 Å². The molecule has 0 fully saturated rings. The van der Waals surface area contributed by atoms with Gasteiger partial charge in [-0.1, -0.05) is 41.7 Å². The predicted molar refractivity (Wildman–Crippen MR) is 121 cm³/mol. The van der Waals surface area contributed by atoms with Gasteiger partial charge >= 0.3 is 5.97 Å². The first-order valence-corrected chi connectivity index (χ1v) is 10.8. The molecular weight excluding hydrogens is 398 g/mol. The normalized spacial score (nSPS) is 10.5. The van der Waals surface area contributed by atoms with E-state index in [1.54, 1.807) is 19.1 Å². The zero-order valence-electron chi connectivity index (χ0n) is 17.3. The number of carbonyl (C=O) groups is 2. The average molecular weight is 424 g/mol. The van der Waals surface area contributed by atoms with Crippen LogP contribution in [0.5, 0.6) is 0 Å². The number of amides is 1. The molecule has 0 radical (unpaired) electrons. The summed E-state index contributed by atoms with van der Waals surface area (Å²) in [6, 6.07) is 16.8. The van der Waals surface area contributed by atoms with Crippen molar-refractivity contribution < 1.29 is 14.3 Å². The third-order valence-corrected chi connectivity index (χ3v) is 5.56. The van der Waals surface area contributed by atoms with E-state index in [4.69, 9.17) is 4.74 Å². The Hall–Kier alpha value is -3.19. The molecule has 0 unspecified atom stereocenters. The van der Waals surface area contributed by atoms with Crippen molar-refractivity contribution in [3.8, 4) is 11.3 Å². The van der Waals surface area contributed by atoms with E-state index in [9.17, 15) is 9.59 Å². The highest BCUT2D eigenvalue weighted by Gasteiger charge is 2.21. The molecule has 7 heteroatoms. The molecule has 30 heavy (non-hydrogen) atoms. The molecule has 1 aromatic heterocycles. The predicted octanol–water partition coefficient (Wildman–Crippen LogP) is 5.09. The van der Waals surface area contributed by atoms with E-state index < -0.39 is 5.97 Å². The number of thiazole rings is 1. The Balaban J connectivity index is 1.84. The SMILES string of the molecule is CCOC(=O)c1sc(NC(=O)c2ccc(N(CC)CC)cc2)nc1-c1ccccc1. The number of rotatable bonds is 8. The molecule has 6 nitrogen and oxygen atoms in total. The summed E-state index contributed by atoms with van der Waals surface area (Å²) in [6.45, 7) is 8.02. The Kier molecular flexibility index (Phi) is 7.19. The van der Waals surface area contributed by atoms with Crippen molar-refractivity contribution in [2.45, 2.75) is 20.8 Å². The first-order chi connectivity index (χ1) is 14.6. The molecular formula is C23H25N3O3S. The fourth-order valence-corrected chi connectivity index (χ4v) is 3.96. The van der Waals surface area contributed by atoms with Gasteiger partial charge in [-0.2, -0.15) is 0 Å². The van der Waals surface area contributed by atoms with Gasteiger partial charge in [0.25, 0.3) is 5.91 Å². The van der Waals surface area contributed by atoms with Crippen molar-refractivity contribution in [3.63, 3.8) is 0 Å².